The van der Waals surface area contributed by atoms with Gasteiger partial charge in [-0.3, -0.25) is 0 Å². The molecule has 1 aromatic carbocycles. The summed E-state index contributed by atoms with van der Waals surface area (Å²) in [4.78, 5) is 0. The van der Waals surface area contributed by atoms with E-state index in [-0.39, 0.29) is 11.1 Å². The van der Waals surface area contributed by atoms with Crippen LogP contribution in [0.3, 0.4) is 0 Å². The normalized spacial score (nSPS) is 23.1. The number of rotatable bonds is 2. The third-order valence-corrected chi connectivity index (χ3v) is 5.96. The first-order chi connectivity index (χ1) is 7.70. The molecular formula is C11H12BrFOS2. The summed E-state index contributed by atoms with van der Waals surface area (Å²) in [5, 5.41) is 10.3. The highest BCUT2D eigenvalue weighted by Crippen LogP contribution is 2.35. The summed E-state index contributed by atoms with van der Waals surface area (Å²) in [7, 11) is 0. The molecule has 1 N–H and O–H groups in total. The molecule has 1 nitrogen and oxygen atoms in total. The Morgan fingerprint density at radius 2 is 2.25 bits per heavy atom. The zero-order valence-corrected chi connectivity index (χ0v) is 11.7. The van der Waals surface area contributed by atoms with Crippen molar-refractivity contribution in [2.24, 2.45) is 0 Å². The van der Waals surface area contributed by atoms with Crippen molar-refractivity contribution in [2.45, 2.75) is 11.4 Å². The molecule has 16 heavy (non-hydrogen) atoms. The Labute approximate surface area is 111 Å². The molecule has 0 aromatic heterocycles. The Kier molecular flexibility index (Phi) is 4.58. The van der Waals surface area contributed by atoms with Crippen molar-refractivity contribution in [2.75, 3.05) is 17.3 Å². The first-order valence-electron chi connectivity index (χ1n) is 5.01. The summed E-state index contributed by atoms with van der Waals surface area (Å²) in [6.07, 6.45) is -0.713. The lowest BCUT2D eigenvalue weighted by atomic mass is 10.1. The monoisotopic (exact) mass is 322 g/mol. The number of hydrogen-bond donors (Lipinski definition) is 1. The standard InChI is InChI=1S/C11H12BrFOS2/c12-8-3-1-2-7(10(8)13)11(14)9-6-15-4-5-16-9/h1-3,9,11,14H,4-6H2. The van der Waals surface area contributed by atoms with Crippen LogP contribution in [0.15, 0.2) is 22.7 Å². The van der Waals surface area contributed by atoms with Crippen LogP contribution in [-0.4, -0.2) is 27.6 Å². The van der Waals surface area contributed by atoms with Gasteiger partial charge in [0.05, 0.1) is 10.6 Å². The zero-order chi connectivity index (χ0) is 11.5. The number of benzene rings is 1. The van der Waals surface area contributed by atoms with E-state index in [4.69, 9.17) is 0 Å². The molecule has 0 saturated carbocycles. The van der Waals surface area contributed by atoms with E-state index in [0.717, 1.165) is 17.3 Å². The van der Waals surface area contributed by atoms with Crippen LogP contribution in [0.2, 0.25) is 0 Å². The highest BCUT2D eigenvalue weighted by Gasteiger charge is 2.26. The van der Waals surface area contributed by atoms with Gasteiger partial charge in [-0.05, 0) is 22.0 Å². The van der Waals surface area contributed by atoms with Crippen LogP contribution in [-0.2, 0) is 0 Å². The summed E-state index contributed by atoms with van der Waals surface area (Å²) in [5.74, 6) is 2.69. The smallest absolute Gasteiger partial charge is 0.143 e. The molecule has 0 amide bonds. The molecule has 0 spiro atoms. The molecule has 1 aromatic rings. The molecule has 2 atom stereocenters. The van der Waals surface area contributed by atoms with Gasteiger partial charge in [0, 0.05) is 28.1 Å². The molecule has 1 aliphatic heterocycles. The minimum Gasteiger partial charge on any atom is -0.387 e. The van der Waals surface area contributed by atoms with E-state index in [1.807, 2.05) is 11.8 Å². The van der Waals surface area contributed by atoms with Gasteiger partial charge < -0.3 is 5.11 Å². The maximum Gasteiger partial charge on any atom is 0.143 e. The Hall–Kier alpha value is 0.290. The van der Waals surface area contributed by atoms with Crippen molar-refractivity contribution < 1.29 is 9.50 Å². The van der Waals surface area contributed by atoms with Gasteiger partial charge in [0.2, 0.25) is 0 Å². The number of hydrogen-bond acceptors (Lipinski definition) is 3. The molecule has 1 fully saturated rings. The van der Waals surface area contributed by atoms with Gasteiger partial charge >= 0.3 is 0 Å². The van der Waals surface area contributed by atoms with E-state index in [1.54, 1.807) is 30.0 Å². The second-order valence-electron chi connectivity index (χ2n) is 3.57. The van der Waals surface area contributed by atoms with E-state index in [2.05, 4.69) is 15.9 Å². The molecule has 1 saturated heterocycles. The fraction of sp³-hybridized carbons (Fsp3) is 0.455. The zero-order valence-electron chi connectivity index (χ0n) is 8.53. The van der Waals surface area contributed by atoms with E-state index < -0.39 is 6.10 Å². The molecular weight excluding hydrogens is 311 g/mol. The van der Waals surface area contributed by atoms with Gasteiger partial charge in [-0.15, -0.1) is 0 Å². The van der Waals surface area contributed by atoms with Crippen LogP contribution in [0.25, 0.3) is 0 Å². The van der Waals surface area contributed by atoms with Gasteiger partial charge in [-0.25, -0.2) is 4.39 Å². The minimum atomic E-state index is -0.713. The second kappa shape index (κ2) is 5.76. The highest BCUT2D eigenvalue weighted by molar-refractivity contribution is 9.10. The highest BCUT2D eigenvalue weighted by atomic mass is 79.9. The number of thioether (sulfide) groups is 2. The first-order valence-corrected chi connectivity index (χ1v) is 8.01. The summed E-state index contributed by atoms with van der Waals surface area (Å²) in [6, 6.07) is 5.06. The Morgan fingerprint density at radius 3 is 2.94 bits per heavy atom. The Balaban J connectivity index is 2.19. The molecule has 2 rings (SSSR count). The Bertz CT molecular complexity index is 369. The van der Waals surface area contributed by atoms with E-state index in [9.17, 15) is 9.50 Å². The average molecular weight is 323 g/mol. The van der Waals surface area contributed by atoms with Crippen LogP contribution in [0.4, 0.5) is 4.39 Å². The molecule has 2 unspecified atom stereocenters. The summed E-state index contributed by atoms with van der Waals surface area (Å²) in [5.41, 5.74) is 0.398. The van der Waals surface area contributed by atoms with Crippen LogP contribution in [0.1, 0.15) is 11.7 Å². The summed E-state index contributed by atoms with van der Waals surface area (Å²) in [6.45, 7) is 0. The van der Waals surface area contributed by atoms with Crippen molar-refractivity contribution in [3.63, 3.8) is 0 Å². The molecule has 0 bridgehead atoms. The summed E-state index contributed by atoms with van der Waals surface area (Å²) < 4.78 is 14.2. The van der Waals surface area contributed by atoms with Crippen molar-refractivity contribution in [3.8, 4) is 0 Å². The van der Waals surface area contributed by atoms with Crippen LogP contribution in [0.5, 0.6) is 0 Å². The molecule has 1 heterocycles. The number of halogens is 2. The van der Waals surface area contributed by atoms with Gasteiger partial charge in [0.25, 0.3) is 0 Å². The second-order valence-corrected chi connectivity index (χ2v) is 6.92. The third-order valence-electron chi connectivity index (χ3n) is 2.49. The van der Waals surface area contributed by atoms with Crippen molar-refractivity contribution in [1.29, 1.82) is 0 Å². The van der Waals surface area contributed by atoms with Gasteiger partial charge in [-0.1, -0.05) is 12.1 Å². The van der Waals surface area contributed by atoms with Crippen molar-refractivity contribution >= 4 is 39.5 Å². The lowest BCUT2D eigenvalue weighted by Gasteiger charge is -2.26. The average Bonchev–Trinajstić information content (AvgIpc) is 2.33. The maximum atomic E-state index is 13.8. The van der Waals surface area contributed by atoms with Gasteiger partial charge in [-0.2, -0.15) is 23.5 Å². The fourth-order valence-electron chi connectivity index (χ4n) is 1.64. The molecule has 0 radical (unpaired) electrons. The fourth-order valence-corrected chi connectivity index (χ4v) is 4.76. The van der Waals surface area contributed by atoms with Crippen LogP contribution < -0.4 is 0 Å². The van der Waals surface area contributed by atoms with E-state index in [0.29, 0.717) is 10.0 Å². The third kappa shape index (κ3) is 2.75. The molecule has 5 heteroatoms. The predicted octanol–water partition coefficient (Wildman–Crippen LogP) is 3.47. The van der Waals surface area contributed by atoms with Crippen LogP contribution in [0, 0.1) is 5.82 Å². The lowest BCUT2D eigenvalue weighted by Crippen LogP contribution is -2.23. The number of aliphatic hydroxyl groups excluding tert-OH is 1. The van der Waals surface area contributed by atoms with E-state index in [1.165, 1.54) is 0 Å². The lowest BCUT2D eigenvalue weighted by molar-refractivity contribution is 0.175. The SMILES string of the molecule is OC(c1cccc(Br)c1F)C1CSCCS1. The van der Waals surface area contributed by atoms with E-state index >= 15 is 0 Å². The Morgan fingerprint density at radius 1 is 1.44 bits per heavy atom. The maximum absolute atomic E-state index is 13.8. The topological polar surface area (TPSA) is 20.2 Å². The minimum absolute atomic E-state index is 0.0996. The van der Waals surface area contributed by atoms with Gasteiger partial charge in [0.1, 0.15) is 5.82 Å². The first kappa shape index (κ1) is 12.7. The van der Waals surface area contributed by atoms with Crippen molar-refractivity contribution in [3.05, 3.63) is 34.1 Å². The quantitative estimate of drug-likeness (QED) is 0.900. The van der Waals surface area contributed by atoms with Crippen LogP contribution >= 0.6 is 39.5 Å². The largest absolute Gasteiger partial charge is 0.387 e. The number of aliphatic hydroxyl groups is 1. The van der Waals surface area contributed by atoms with Crippen molar-refractivity contribution in [1.82, 2.24) is 0 Å². The molecule has 1 aliphatic rings. The summed E-state index contributed by atoms with van der Waals surface area (Å²) >= 11 is 6.69. The molecule has 88 valence electrons. The molecule has 0 aliphatic carbocycles. The van der Waals surface area contributed by atoms with Gasteiger partial charge in [0.15, 0.2) is 0 Å². The predicted molar refractivity (Wildman–Crippen MR) is 72.6 cm³/mol.